The second-order valence-corrected chi connectivity index (χ2v) is 5.44. The third-order valence-electron chi connectivity index (χ3n) is 3.81. The smallest absolute Gasteiger partial charge is 0.253 e. The van der Waals surface area contributed by atoms with Crippen LogP contribution in [0, 0.1) is 0 Å². The number of methoxy groups -OCH3 is 1. The van der Waals surface area contributed by atoms with Crippen molar-refractivity contribution in [1.29, 1.82) is 0 Å². The molecule has 0 bridgehead atoms. The van der Waals surface area contributed by atoms with Crippen LogP contribution < -0.4 is 9.64 Å². The summed E-state index contributed by atoms with van der Waals surface area (Å²) in [6.45, 7) is 2.37. The molecule has 118 valence electrons. The molecular formula is C19H19NO3. The Bertz CT molecular complexity index is 707. The zero-order valence-corrected chi connectivity index (χ0v) is 13.2. The van der Waals surface area contributed by atoms with Crippen LogP contribution in [0.4, 0.5) is 5.69 Å². The maximum Gasteiger partial charge on any atom is 0.253 e. The van der Waals surface area contributed by atoms with E-state index < -0.39 is 0 Å². The summed E-state index contributed by atoms with van der Waals surface area (Å²) in [6, 6.07) is 17.3. The molecule has 1 heterocycles. The summed E-state index contributed by atoms with van der Waals surface area (Å²) in [5.41, 5.74) is 2.78. The number of hydrogen-bond donors (Lipinski definition) is 0. The van der Waals surface area contributed by atoms with Gasteiger partial charge in [0.15, 0.2) is 6.23 Å². The van der Waals surface area contributed by atoms with Crippen LogP contribution in [0.5, 0.6) is 5.75 Å². The van der Waals surface area contributed by atoms with Crippen molar-refractivity contribution in [3.63, 3.8) is 0 Å². The number of benzene rings is 2. The SMILES string of the molecule is COc1ccc(N2C(=O)C=C(C)C2OCc2ccccc2)cc1. The highest BCUT2D eigenvalue weighted by molar-refractivity contribution is 6.05. The predicted molar refractivity (Wildman–Crippen MR) is 89.3 cm³/mol. The van der Waals surface area contributed by atoms with Gasteiger partial charge < -0.3 is 9.47 Å². The Morgan fingerprint density at radius 2 is 1.74 bits per heavy atom. The van der Waals surface area contributed by atoms with Crippen molar-refractivity contribution in [1.82, 2.24) is 0 Å². The second kappa shape index (κ2) is 6.67. The first-order valence-corrected chi connectivity index (χ1v) is 7.50. The number of ether oxygens (including phenoxy) is 2. The summed E-state index contributed by atoms with van der Waals surface area (Å²) < 4.78 is 11.2. The highest BCUT2D eigenvalue weighted by Gasteiger charge is 2.32. The molecule has 0 aliphatic carbocycles. The summed E-state index contributed by atoms with van der Waals surface area (Å²) in [6.07, 6.45) is 1.25. The molecule has 1 amide bonds. The normalized spacial score (nSPS) is 17.3. The third-order valence-corrected chi connectivity index (χ3v) is 3.81. The number of anilines is 1. The quantitative estimate of drug-likeness (QED) is 0.848. The van der Waals surface area contributed by atoms with E-state index in [0.717, 1.165) is 22.6 Å². The summed E-state index contributed by atoms with van der Waals surface area (Å²) in [5.74, 6) is 0.692. The Morgan fingerprint density at radius 1 is 1.04 bits per heavy atom. The molecule has 1 atom stereocenters. The number of carbonyl (C=O) groups is 1. The average molecular weight is 309 g/mol. The van der Waals surface area contributed by atoms with E-state index in [4.69, 9.17) is 9.47 Å². The van der Waals surface area contributed by atoms with Gasteiger partial charge in [-0.2, -0.15) is 0 Å². The average Bonchev–Trinajstić information content (AvgIpc) is 2.87. The molecule has 3 rings (SSSR count). The molecule has 1 unspecified atom stereocenters. The van der Waals surface area contributed by atoms with Crippen LogP contribution in [-0.2, 0) is 16.1 Å². The van der Waals surface area contributed by atoms with Crippen LogP contribution in [-0.4, -0.2) is 19.2 Å². The van der Waals surface area contributed by atoms with Gasteiger partial charge in [0, 0.05) is 11.8 Å². The van der Waals surface area contributed by atoms with E-state index >= 15 is 0 Å². The first kappa shape index (κ1) is 15.3. The minimum absolute atomic E-state index is 0.0641. The highest BCUT2D eigenvalue weighted by atomic mass is 16.5. The maximum atomic E-state index is 12.3. The molecular weight excluding hydrogens is 290 g/mol. The van der Waals surface area contributed by atoms with Crippen LogP contribution in [0.1, 0.15) is 12.5 Å². The molecule has 0 saturated carbocycles. The molecule has 2 aromatic carbocycles. The van der Waals surface area contributed by atoms with Gasteiger partial charge in [-0.05, 0) is 42.3 Å². The molecule has 23 heavy (non-hydrogen) atoms. The fourth-order valence-electron chi connectivity index (χ4n) is 2.62. The lowest BCUT2D eigenvalue weighted by atomic mass is 10.2. The maximum absolute atomic E-state index is 12.3. The minimum Gasteiger partial charge on any atom is -0.497 e. The lowest BCUT2D eigenvalue weighted by Crippen LogP contribution is -2.36. The lowest BCUT2D eigenvalue weighted by molar-refractivity contribution is -0.115. The van der Waals surface area contributed by atoms with Gasteiger partial charge in [-0.25, -0.2) is 0 Å². The number of nitrogens with zero attached hydrogens (tertiary/aromatic N) is 1. The lowest BCUT2D eigenvalue weighted by Gasteiger charge is -2.26. The topological polar surface area (TPSA) is 38.8 Å². The predicted octanol–water partition coefficient (Wildman–Crippen LogP) is 3.53. The van der Waals surface area contributed by atoms with Gasteiger partial charge in [-0.1, -0.05) is 30.3 Å². The molecule has 1 aliphatic rings. The zero-order valence-electron chi connectivity index (χ0n) is 13.2. The van der Waals surface area contributed by atoms with Crippen LogP contribution in [0.2, 0.25) is 0 Å². The summed E-state index contributed by atoms with van der Waals surface area (Å²) in [5, 5.41) is 0. The van der Waals surface area contributed by atoms with Gasteiger partial charge in [0.25, 0.3) is 5.91 Å². The molecule has 4 nitrogen and oxygen atoms in total. The van der Waals surface area contributed by atoms with E-state index in [1.165, 1.54) is 0 Å². The van der Waals surface area contributed by atoms with E-state index in [0.29, 0.717) is 6.61 Å². The van der Waals surface area contributed by atoms with Gasteiger partial charge in [0.1, 0.15) is 5.75 Å². The summed E-state index contributed by atoms with van der Waals surface area (Å²) in [4.78, 5) is 14.0. The Hall–Kier alpha value is -2.59. The van der Waals surface area contributed by atoms with Crippen molar-refractivity contribution in [3.05, 3.63) is 71.8 Å². The highest BCUT2D eigenvalue weighted by Crippen LogP contribution is 2.29. The van der Waals surface area contributed by atoms with E-state index in [1.807, 2.05) is 61.5 Å². The molecule has 0 N–H and O–H groups in total. The Balaban J connectivity index is 1.78. The molecule has 0 radical (unpaired) electrons. The fourth-order valence-corrected chi connectivity index (χ4v) is 2.62. The number of rotatable bonds is 5. The molecule has 0 saturated heterocycles. The van der Waals surface area contributed by atoms with E-state index in [-0.39, 0.29) is 12.1 Å². The van der Waals surface area contributed by atoms with Gasteiger partial charge in [-0.15, -0.1) is 0 Å². The van der Waals surface area contributed by atoms with Crippen LogP contribution in [0.3, 0.4) is 0 Å². The largest absolute Gasteiger partial charge is 0.497 e. The van der Waals surface area contributed by atoms with E-state index in [1.54, 1.807) is 18.1 Å². The number of hydrogen-bond acceptors (Lipinski definition) is 3. The van der Waals surface area contributed by atoms with Crippen LogP contribution >= 0.6 is 0 Å². The molecule has 0 fully saturated rings. The number of carbonyl (C=O) groups excluding carboxylic acids is 1. The molecule has 0 spiro atoms. The van der Waals surface area contributed by atoms with E-state index in [2.05, 4.69) is 0 Å². The standard InChI is InChI=1S/C19H19NO3/c1-14-12-18(21)20(16-8-10-17(22-2)11-9-16)19(14)23-13-15-6-4-3-5-7-15/h3-12,19H,13H2,1-2H3. The van der Waals surface area contributed by atoms with Crippen molar-refractivity contribution in [2.45, 2.75) is 19.8 Å². The Labute approximate surface area is 135 Å². The van der Waals surface area contributed by atoms with Crippen molar-refractivity contribution < 1.29 is 14.3 Å². The Kier molecular flexibility index (Phi) is 4.44. The molecule has 4 heteroatoms. The van der Waals surface area contributed by atoms with Crippen molar-refractivity contribution in [2.75, 3.05) is 12.0 Å². The minimum atomic E-state index is -0.379. The van der Waals surface area contributed by atoms with Crippen molar-refractivity contribution in [3.8, 4) is 5.75 Å². The first-order chi connectivity index (χ1) is 11.2. The van der Waals surface area contributed by atoms with Crippen molar-refractivity contribution in [2.24, 2.45) is 0 Å². The van der Waals surface area contributed by atoms with Gasteiger partial charge in [-0.3, -0.25) is 9.69 Å². The number of amides is 1. The van der Waals surface area contributed by atoms with Crippen LogP contribution in [0.15, 0.2) is 66.2 Å². The second-order valence-electron chi connectivity index (χ2n) is 5.44. The molecule has 2 aromatic rings. The van der Waals surface area contributed by atoms with Crippen LogP contribution in [0.25, 0.3) is 0 Å². The van der Waals surface area contributed by atoms with Gasteiger partial charge >= 0.3 is 0 Å². The van der Waals surface area contributed by atoms with Gasteiger partial charge in [0.05, 0.1) is 13.7 Å². The molecule has 1 aliphatic heterocycles. The zero-order chi connectivity index (χ0) is 16.2. The third kappa shape index (κ3) is 3.27. The Morgan fingerprint density at radius 3 is 2.39 bits per heavy atom. The summed E-state index contributed by atoms with van der Waals surface area (Å²) in [7, 11) is 1.62. The first-order valence-electron chi connectivity index (χ1n) is 7.50. The monoisotopic (exact) mass is 309 g/mol. The van der Waals surface area contributed by atoms with Gasteiger partial charge in [0.2, 0.25) is 0 Å². The summed E-state index contributed by atoms with van der Waals surface area (Å²) >= 11 is 0. The van der Waals surface area contributed by atoms with Crippen molar-refractivity contribution >= 4 is 11.6 Å². The van der Waals surface area contributed by atoms with E-state index in [9.17, 15) is 4.79 Å². The fraction of sp³-hybridized carbons (Fsp3) is 0.211. The molecule has 0 aromatic heterocycles.